The van der Waals surface area contributed by atoms with E-state index >= 15 is 0 Å². The number of carbonyl (C=O) groups is 1. The molecule has 0 heterocycles. The van der Waals surface area contributed by atoms with Gasteiger partial charge in [0.15, 0.2) is 0 Å². The van der Waals surface area contributed by atoms with Crippen LogP contribution >= 0.6 is 0 Å². The van der Waals surface area contributed by atoms with Crippen LogP contribution in [-0.2, 0) is 14.8 Å². The number of amides is 1. The zero-order valence-corrected chi connectivity index (χ0v) is 19.0. The van der Waals surface area contributed by atoms with Gasteiger partial charge in [-0.25, -0.2) is 8.42 Å². The van der Waals surface area contributed by atoms with Gasteiger partial charge in [0.1, 0.15) is 24.1 Å². The summed E-state index contributed by atoms with van der Waals surface area (Å²) in [5.74, 6) is 0.973. The van der Waals surface area contributed by atoms with Crippen LogP contribution in [0, 0.1) is 13.8 Å². The van der Waals surface area contributed by atoms with Crippen molar-refractivity contribution in [3.8, 4) is 11.5 Å². The lowest BCUT2D eigenvalue weighted by molar-refractivity contribution is -0.122. The van der Waals surface area contributed by atoms with E-state index in [1.54, 1.807) is 31.2 Å². The Hall–Kier alpha value is -2.74. The van der Waals surface area contributed by atoms with E-state index in [0.29, 0.717) is 17.9 Å². The predicted octanol–water partition coefficient (Wildman–Crippen LogP) is 3.05. The molecule has 8 heteroatoms. The number of benzene rings is 2. The van der Waals surface area contributed by atoms with Gasteiger partial charge in [0.25, 0.3) is 0 Å². The molecular formula is C22H30N2O5S. The summed E-state index contributed by atoms with van der Waals surface area (Å²) in [7, 11) is -2.14. The van der Waals surface area contributed by atoms with Gasteiger partial charge in [0.05, 0.1) is 25.6 Å². The first-order valence-corrected chi connectivity index (χ1v) is 11.6. The zero-order chi connectivity index (χ0) is 22.3. The van der Waals surface area contributed by atoms with Crippen LogP contribution in [0.2, 0.25) is 0 Å². The van der Waals surface area contributed by atoms with Crippen LogP contribution in [-0.4, -0.2) is 46.9 Å². The summed E-state index contributed by atoms with van der Waals surface area (Å²) in [5.41, 5.74) is 2.61. The highest BCUT2D eigenvalue weighted by Gasteiger charge is 2.31. The van der Waals surface area contributed by atoms with Crippen molar-refractivity contribution in [2.24, 2.45) is 0 Å². The minimum absolute atomic E-state index is 0.266. The molecule has 0 saturated carbocycles. The predicted molar refractivity (Wildman–Crippen MR) is 119 cm³/mol. The number of sulfonamides is 1. The average molecular weight is 435 g/mol. The Bertz CT molecular complexity index is 938. The molecule has 0 fully saturated rings. The van der Waals surface area contributed by atoms with Gasteiger partial charge in [-0.1, -0.05) is 13.0 Å². The summed E-state index contributed by atoms with van der Waals surface area (Å²) < 4.78 is 36.9. The van der Waals surface area contributed by atoms with E-state index in [1.165, 1.54) is 7.11 Å². The van der Waals surface area contributed by atoms with Crippen molar-refractivity contribution in [1.29, 1.82) is 0 Å². The van der Waals surface area contributed by atoms with Crippen LogP contribution in [0.15, 0.2) is 42.5 Å². The minimum atomic E-state index is -3.68. The van der Waals surface area contributed by atoms with E-state index in [4.69, 9.17) is 9.47 Å². The lowest BCUT2D eigenvalue weighted by Gasteiger charge is -2.30. The van der Waals surface area contributed by atoms with Gasteiger partial charge >= 0.3 is 0 Å². The molecule has 2 aromatic carbocycles. The first-order chi connectivity index (χ1) is 14.2. The molecule has 1 atom stereocenters. The van der Waals surface area contributed by atoms with Crippen molar-refractivity contribution in [1.82, 2.24) is 5.32 Å². The van der Waals surface area contributed by atoms with E-state index in [9.17, 15) is 13.2 Å². The number of anilines is 1. The Morgan fingerprint density at radius 1 is 1.07 bits per heavy atom. The van der Waals surface area contributed by atoms with Crippen LogP contribution in [0.5, 0.6) is 11.5 Å². The summed E-state index contributed by atoms with van der Waals surface area (Å²) in [4.78, 5) is 12.8. The number of methoxy groups -OCH3 is 1. The second-order valence-corrected chi connectivity index (χ2v) is 9.00. The molecule has 1 unspecified atom stereocenters. The van der Waals surface area contributed by atoms with Crippen LogP contribution in [0.4, 0.5) is 5.69 Å². The number of ether oxygens (including phenoxy) is 2. The molecule has 0 aliphatic carbocycles. The molecule has 0 radical (unpaired) electrons. The largest absolute Gasteiger partial charge is 0.497 e. The second kappa shape index (κ2) is 10.3. The third-order valence-corrected chi connectivity index (χ3v) is 5.70. The number of hydrogen-bond donors (Lipinski definition) is 1. The maximum absolute atomic E-state index is 12.8. The van der Waals surface area contributed by atoms with Gasteiger partial charge in [-0.2, -0.15) is 0 Å². The van der Waals surface area contributed by atoms with E-state index in [1.807, 2.05) is 26.0 Å². The highest BCUT2D eigenvalue weighted by atomic mass is 32.2. The third kappa shape index (κ3) is 6.38. The maximum atomic E-state index is 12.8. The molecule has 30 heavy (non-hydrogen) atoms. The summed E-state index contributed by atoms with van der Waals surface area (Å²) >= 11 is 0. The van der Waals surface area contributed by atoms with Gasteiger partial charge in [0, 0.05) is 0 Å². The van der Waals surface area contributed by atoms with Gasteiger partial charge < -0.3 is 14.8 Å². The van der Waals surface area contributed by atoms with Gasteiger partial charge in [-0.15, -0.1) is 0 Å². The lowest BCUT2D eigenvalue weighted by Crippen LogP contribution is -2.50. The number of nitrogens with one attached hydrogen (secondary N) is 1. The average Bonchev–Trinajstić information content (AvgIpc) is 2.67. The SMILES string of the molecule is CCC(C(=O)NCCOc1cc(C)cc(C)c1)N(c1ccc(OC)cc1)S(C)(=O)=O. The number of rotatable bonds is 10. The summed E-state index contributed by atoms with van der Waals surface area (Å²) in [6.07, 6.45) is 1.42. The molecule has 2 rings (SSSR count). The summed E-state index contributed by atoms with van der Waals surface area (Å²) in [5, 5.41) is 2.78. The van der Waals surface area contributed by atoms with Crippen LogP contribution in [0.25, 0.3) is 0 Å². The molecule has 0 saturated heterocycles. The van der Waals surface area contributed by atoms with E-state index in [0.717, 1.165) is 27.4 Å². The molecular weight excluding hydrogens is 404 g/mol. The van der Waals surface area contributed by atoms with Crippen molar-refractivity contribution < 1.29 is 22.7 Å². The first-order valence-electron chi connectivity index (χ1n) is 9.78. The van der Waals surface area contributed by atoms with Crippen molar-refractivity contribution in [3.63, 3.8) is 0 Å². The number of nitrogens with zero attached hydrogens (tertiary/aromatic N) is 1. The van der Waals surface area contributed by atoms with Crippen molar-refractivity contribution >= 4 is 21.6 Å². The summed E-state index contributed by atoms with van der Waals surface area (Å²) in [6, 6.07) is 11.6. The quantitative estimate of drug-likeness (QED) is 0.581. The lowest BCUT2D eigenvalue weighted by atomic mass is 10.1. The fourth-order valence-electron chi connectivity index (χ4n) is 3.27. The van der Waals surface area contributed by atoms with Gasteiger partial charge in [0.2, 0.25) is 15.9 Å². The Kier molecular flexibility index (Phi) is 8.11. The zero-order valence-electron chi connectivity index (χ0n) is 18.1. The fraction of sp³-hybridized carbons (Fsp3) is 0.409. The number of aryl methyl sites for hydroxylation is 2. The Labute approximate surface area is 179 Å². The molecule has 1 N–H and O–H groups in total. The smallest absolute Gasteiger partial charge is 0.244 e. The number of hydrogen-bond acceptors (Lipinski definition) is 5. The monoisotopic (exact) mass is 434 g/mol. The summed E-state index contributed by atoms with van der Waals surface area (Å²) in [6.45, 7) is 6.31. The molecule has 1 amide bonds. The Morgan fingerprint density at radius 3 is 2.17 bits per heavy atom. The van der Waals surface area contributed by atoms with E-state index < -0.39 is 16.1 Å². The van der Waals surface area contributed by atoms with Crippen molar-refractivity contribution in [3.05, 3.63) is 53.6 Å². The molecule has 7 nitrogen and oxygen atoms in total. The molecule has 0 aliphatic heterocycles. The molecule has 0 aliphatic rings. The molecule has 0 aromatic heterocycles. The number of carbonyl (C=O) groups excluding carboxylic acids is 1. The van der Waals surface area contributed by atoms with Crippen LogP contribution in [0.1, 0.15) is 24.5 Å². The first kappa shape index (κ1) is 23.5. The normalized spacial score (nSPS) is 12.2. The Balaban J connectivity index is 2.05. The standard InChI is InChI=1S/C22H30N2O5S/c1-6-21(24(30(5,26)27)18-7-9-19(28-4)10-8-18)22(25)23-11-12-29-20-14-16(2)13-17(3)15-20/h7-10,13-15,21H,6,11-12H2,1-5H3,(H,23,25). The molecule has 0 spiro atoms. The highest BCUT2D eigenvalue weighted by Crippen LogP contribution is 2.25. The fourth-order valence-corrected chi connectivity index (χ4v) is 4.48. The van der Waals surface area contributed by atoms with Gasteiger partial charge in [-0.3, -0.25) is 9.10 Å². The van der Waals surface area contributed by atoms with E-state index in [-0.39, 0.29) is 19.1 Å². The third-order valence-electron chi connectivity index (χ3n) is 4.52. The minimum Gasteiger partial charge on any atom is -0.497 e. The van der Waals surface area contributed by atoms with Crippen LogP contribution in [0.3, 0.4) is 0 Å². The molecule has 2 aromatic rings. The molecule has 164 valence electrons. The van der Waals surface area contributed by atoms with Crippen LogP contribution < -0.4 is 19.1 Å². The van der Waals surface area contributed by atoms with Gasteiger partial charge in [-0.05, 0) is 67.8 Å². The molecule has 0 bridgehead atoms. The topological polar surface area (TPSA) is 84.9 Å². The second-order valence-electron chi connectivity index (χ2n) is 7.14. The van der Waals surface area contributed by atoms with E-state index in [2.05, 4.69) is 11.4 Å². The van der Waals surface area contributed by atoms with Crippen molar-refractivity contribution in [2.75, 3.05) is 30.8 Å². The van der Waals surface area contributed by atoms with Crippen molar-refractivity contribution in [2.45, 2.75) is 33.2 Å². The maximum Gasteiger partial charge on any atom is 0.244 e. The Morgan fingerprint density at radius 2 is 1.67 bits per heavy atom. The highest BCUT2D eigenvalue weighted by molar-refractivity contribution is 7.92.